The average molecular weight is 881 g/mol. The van der Waals surface area contributed by atoms with Gasteiger partial charge in [0.2, 0.25) is 5.88 Å². The van der Waals surface area contributed by atoms with Crippen molar-refractivity contribution in [3.05, 3.63) is 166 Å². The van der Waals surface area contributed by atoms with Gasteiger partial charge in [0, 0.05) is 54.0 Å². The fraction of sp³-hybridized carbons (Fsp3) is 0.220. The molecule has 1 aliphatic carbocycles. The normalized spacial score (nSPS) is 15.4. The van der Waals surface area contributed by atoms with Gasteiger partial charge < -0.3 is 9.32 Å². The molecule has 0 radical (unpaired) electrons. The summed E-state index contributed by atoms with van der Waals surface area (Å²) in [7, 11) is 0. The van der Waals surface area contributed by atoms with Gasteiger partial charge in [-0.3, -0.25) is 4.90 Å². The third kappa shape index (κ3) is 6.27. The second-order valence-corrected chi connectivity index (χ2v) is 22.7. The van der Waals surface area contributed by atoms with Crippen LogP contribution in [0.5, 0.6) is 0 Å². The molecular formula is C59H53BN2OS2. The number of hydrogen-bond acceptors (Lipinski definition) is 5. The minimum absolute atomic E-state index is 0.0213. The van der Waals surface area contributed by atoms with Crippen LogP contribution in [0.1, 0.15) is 75.1 Å². The Morgan fingerprint density at radius 3 is 1.91 bits per heavy atom. The molecule has 9 aromatic rings. The zero-order valence-corrected chi connectivity index (χ0v) is 40.4. The Labute approximate surface area is 391 Å². The second kappa shape index (κ2) is 14.5. The Bertz CT molecular complexity index is 3430. The van der Waals surface area contributed by atoms with Crippen LogP contribution in [-0.2, 0) is 11.8 Å². The summed E-state index contributed by atoms with van der Waals surface area (Å²) in [5, 5.41) is 7.27. The molecule has 6 heteroatoms. The molecule has 5 heterocycles. The first kappa shape index (κ1) is 40.4. The molecule has 2 aliphatic heterocycles. The van der Waals surface area contributed by atoms with Crippen LogP contribution in [0, 0.1) is 32.1 Å². The molecule has 320 valence electrons. The smallest absolute Gasteiger partial charge is 0.256 e. The Balaban J connectivity index is 1.16. The third-order valence-corrected chi connectivity index (χ3v) is 16.4. The third-order valence-electron chi connectivity index (χ3n) is 14.5. The van der Waals surface area contributed by atoms with Crippen molar-refractivity contribution < 1.29 is 4.42 Å². The lowest BCUT2D eigenvalue weighted by Gasteiger charge is -2.44. The lowest BCUT2D eigenvalue weighted by atomic mass is 9.33. The van der Waals surface area contributed by atoms with Crippen molar-refractivity contribution in [3.8, 4) is 22.3 Å². The zero-order chi connectivity index (χ0) is 44.7. The maximum Gasteiger partial charge on any atom is 0.256 e. The highest BCUT2D eigenvalue weighted by atomic mass is 32.1. The lowest BCUT2D eigenvalue weighted by Crippen LogP contribution is -2.62. The summed E-state index contributed by atoms with van der Waals surface area (Å²) in [6.07, 6.45) is 5.62. The number of fused-ring (bicyclic) bond motifs is 8. The molecule has 12 rings (SSSR count). The van der Waals surface area contributed by atoms with Gasteiger partial charge in [0.1, 0.15) is 5.76 Å². The standard InChI is InChI=1S/C59H53BN2OS2/c1-34-25-49-55-50(26-34)62(56-35(2)27-40(28-36(56)3)59(7,8)9)57-54(44-31-39(58(4,5)6)22-24-51(44)63-57)60(55)47-23-21-38(46-33-65-53-20-13-11-18-43(46)53)30-48(47)61(49)41-16-14-15-37(29-41)45-32-64-52-19-12-10-17-42(45)52/h10-30,32-33,39H,31H2,1-9H3. The van der Waals surface area contributed by atoms with Crippen LogP contribution in [0.4, 0.5) is 34.3 Å². The van der Waals surface area contributed by atoms with E-state index in [1.54, 1.807) is 0 Å². The molecule has 0 saturated carbocycles. The predicted molar refractivity (Wildman–Crippen MR) is 283 cm³/mol. The van der Waals surface area contributed by atoms with E-state index >= 15 is 0 Å². The van der Waals surface area contributed by atoms with Crippen LogP contribution in [0.25, 0.3) is 48.5 Å². The Morgan fingerprint density at radius 1 is 0.631 bits per heavy atom. The van der Waals surface area contributed by atoms with Crippen molar-refractivity contribution in [1.82, 2.24) is 0 Å². The molecular weight excluding hydrogens is 828 g/mol. The van der Waals surface area contributed by atoms with Gasteiger partial charge in [0.15, 0.2) is 0 Å². The van der Waals surface area contributed by atoms with E-state index in [-0.39, 0.29) is 17.5 Å². The van der Waals surface area contributed by atoms with Crippen LogP contribution in [0.15, 0.2) is 137 Å². The molecule has 6 aromatic carbocycles. The summed E-state index contributed by atoms with van der Waals surface area (Å²) >= 11 is 3.65. The van der Waals surface area contributed by atoms with Gasteiger partial charge in [-0.15, -0.1) is 22.7 Å². The van der Waals surface area contributed by atoms with Gasteiger partial charge >= 0.3 is 0 Å². The number of aryl methyl sites for hydroxylation is 3. The number of benzene rings is 6. The van der Waals surface area contributed by atoms with Gasteiger partial charge in [0.05, 0.1) is 5.69 Å². The van der Waals surface area contributed by atoms with Crippen LogP contribution < -0.4 is 26.2 Å². The molecule has 0 N–H and O–H groups in total. The van der Waals surface area contributed by atoms with Crippen LogP contribution in [0.2, 0.25) is 0 Å². The number of allylic oxidation sites excluding steroid dienone is 1. The monoisotopic (exact) mass is 880 g/mol. The fourth-order valence-corrected chi connectivity index (χ4v) is 13.0. The van der Waals surface area contributed by atoms with Gasteiger partial charge in [0.25, 0.3) is 6.71 Å². The second-order valence-electron chi connectivity index (χ2n) is 20.8. The Kier molecular flexibility index (Phi) is 9.00. The van der Waals surface area contributed by atoms with Crippen molar-refractivity contribution in [2.24, 2.45) is 11.3 Å². The van der Waals surface area contributed by atoms with E-state index < -0.39 is 0 Å². The molecule has 0 amide bonds. The van der Waals surface area contributed by atoms with Crippen LogP contribution >= 0.6 is 22.7 Å². The first-order chi connectivity index (χ1) is 31.2. The number of hydrogen-bond donors (Lipinski definition) is 0. The predicted octanol–water partition coefficient (Wildman–Crippen LogP) is 15.6. The minimum Gasteiger partial charge on any atom is -0.441 e. The summed E-state index contributed by atoms with van der Waals surface area (Å²) < 4.78 is 9.95. The zero-order valence-electron chi connectivity index (χ0n) is 38.8. The van der Waals surface area contributed by atoms with E-state index in [0.29, 0.717) is 5.92 Å². The van der Waals surface area contributed by atoms with Crippen LogP contribution in [-0.4, -0.2) is 6.71 Å². The topological polar surface area (TPSA) is 19.6 Å². The van der Waals surface area contributed by atoms with Gasteiger partial charge in [-0.2, -0.15) is 0 Å². The van der Waals surface area contributed by atoms with Gasteiger partial charge in [-0.05, 0) is 159 Å². The molecule has 0 saturated heterocycles. The molecule has 1 unspecified atom stereocenters. The first-order valence-corrected chi connectivity index (χ1v) is 24.9. The van der Waals surface area contributed by atoms with E-state index in [2.05, 4.69) is 210 Å². The molecule has 1 atom stereocenters. The lowest BCUT2D eigenvalue weighted by molar-refractivity contribution is 0.289. The number of anilines is 6. The summed E-state index contributed by atoms with van der Waals surface area (Å²) in [5.41, 5.74) is 21.5. The summed E-state index contributed by atoms with van der Waals surface area (Å²) in [6.45, 7) is 20.9. The molecule has 3 nitrogen and oxygen atoms in total. The van der Waals surface area contributed by atoms with E-state index in [4.69, 9.17) is 4.42 Å². The summed E-state index contributed by atoms with van der Waals surface area (Å²) in [6, 6.07) is 43.9. The highest BCUT2D eigenvalue weighted by molar-refractivity contribution is 7.18. The van der Waals surface area contributed by atoms with Gasteiger partial charge in [-0.1, -0.05) is 120 Å². The Hall–Kier alpha value is -6.08. The fourth-order valence-electron chi connectivity index (χ4n) is 11.1. The summed E-state index contributed by atoms with van der Waals surface area (Å²) in [4.78, 5) is 5.10. The Morgan fingerprint density at radius 2 is 1.26 bits per heavy atom. The van der Waals surface area contributed by atoms with Crippen LogP contribution in [0.3, 0.4) is 0 Å². The molecule has 65 heavy (non-hydrogen) atoms. The summed E-state index contributed by atoms with van der Waals surface area (Å²) in [5.74, 6) is 2.33. The number of thiophene rings is 2. The van der Waals surface area contributed by atoms with Crippen molar-refractivity contribution >= 4 is 106 Å². The molecule has 3 aliphatic rings. The van der Waals surface area contributed by atoms with E-state index in [1.807, 2.05) is 22.7 Å². The van der Waals surface area contributed by atoms with E-state index in [9.17, 15) is 0 Å². The average Bonchev–Trinajstić information content (AvgIpc) is 4.01. The maximum atomic E-state index is 7.33. The molecule has 0 fully saturated rings. The first-order valence-electron chi connectivity index (χ1n) is 23.1. The molecule has 0 bridgehead atoms. The van der Waals surface area contributed by atoms with E-state index in [0.717, 1.165) is 23.8 Å². The van der Waals surface area contributed by atoms with Crippen molar-refractivity contribution in [2.75, 3.05) is 9.80 Å². The van der Waals surface area contributed by atoms with Crippen molar-refractivity contribution in [3.63, 3.8) is 0 Å². The maximum absolute atomic E-state index is 7.33. The quantitative estimate of drug-likeness (QED) is 0.164. The SMILES string of the molecule is Cc1cc2c3c(c1)N(c1c(C)cc(C(C)(C)C)cc1C)c1oc4c(c1B3c1ccc(-c3csc5ccccc35)cc1N2c1cccc(-c2csc3ccccc23)c1)CC(C(C)(C)C)C=C4. The molecule has 3 aromatic heterocycles. The number of nitrogens with zero attached hydrogens (tertiary/aromatic N) is 2. The number of furan rings is 1. The van der Waals surface area contributed by atoms with Gasteiger partial charge in [-0.25, -0.2) is 0 Å². The molecule has 0 spiro atoms. The van der Waals surface area contributed by atoms with E-state index in [1.165, 1.54) is 109 Å². The highest BCUT2D eigenvalue weighted by Gasteiger charge is 2.48. The number of rotatable bonds is 4. The largest absolute Gasteiger partial charge is 0.441 e. The van der Waals surface area contributed by atoms with Crippen molar-refractivity contribution in [2.45, 2.75) is 74.1 Å². The highest BCUT2D eigenvalue weighted by Crippen LogP contribution is 2.50. The van der Waals surface area contributed by atoms with Crippen molar-refractivity contribution in [1.29, 1.82) is 0 Å². The minimum atomic E-state index is -0.0375.